The van der Waals surface area contributed by atoms with E-state index in [-0.39, 0.29) is 29.5 Å². The summed E-state index contributed by atoms with van der Waals surface area (Å²) in [7, 11) is 0. The lowest BCUT2D eigenvalue weighted by atomic mass is 10.0. The molecule has 158 valence electrons. The standard InChI is InChI=1S/C22H31N3O4/c26-20(15-16-5-1-2-6-16)23-17-9-12-24(13-10-17)21(27)18-7-3-11-25(18)22(28)19-8-4-14-29-19/h4,8,14,16-18H,1-3,5-7,9-13,15H2,(H,23,26). The van der Waals surface area contributed by atoms with Crippen LogP contribution in [0.25, 0.3) is 0 Å². The predicted molar refractivity (Wildman–Crippen MR) is 107 cm³/mol. The van der Waals surface area contributed by atoms with E-state index in [1.54, 1.807) is 17.0 Å². The number of furan rings is 1. The minimum atomic E-state index is -0.402. The van der Waals surface area contributed by atoms with Crippen LogP contribution in [0.1, 0.15) is 68.3 Å². The van der Waals surface area contributed by atoms with Gasteiger partial charge in [-0.25, -0.2) is 0 Å². The van der Waals surface area contributed by atoms with E-state index in [0.29, 0.717) is 38.4 Å². The molecule has 1 aromatic rings. The molecule has 1 atom stereocenters. The Bertz CT molecular complexity index is 718. The van der Waals surface area contributed by atoms with Gasteiger partial charge in [0.25, 0.3) is 5.91 Å². The topological polar surface area (TPSA) is 82.9 Å². The number of carbonyl (C=O) groups is 3. The van der Waals surface area contributed by atoms with Crippen LogP contribution in [0.5, 0.6) is 0 Å². The molecule has 3 amide bonds. The highest BCUT2D eigenvalue weighted by molar-refractivity contribution is 5.96. The van der Waals surface area contributed by atoms with Crippen molar-refractivity contribution in [3.05, 3.63) is 24.2 Å². The van der Waals surface area contributed by atoms with Crippen molar-refractivity contribution in [2.75, 3.05) is 19.6 Å². The van der Waals surface area contributed by atoms with Crippen molar-refractivity contribution in [2.24, 2.45) is 5.92 Å². The molecule has 0 aromatic carbocycles. The van der Waals surface area contributed by atoms with E-state index in [0.717, 1.165) is 19.3 Å². The summed E-state index contributed by atoms with van der Waals surface area (Å²) in [6.45, 7) is 1.85. The van der Waals surface area contributed by atoms with Crippen LogP contribution in [-0.2, 0) is 9.59 Å². The average molecular weight is 402 g/mol. The zero-order valence-corrected chi connectivity index (χ0v) is 17.0. The Morgan fingerprint density at radius 2 is 1.76 bits per heavy atom. The first-order chi connectivity index (χ1) is 14.1. The third kappa shape index (κ3) is 4.65. The van der Waals surface area contributed by atoms with Crippen LogP contribution < -0.4 is 5.32 Å². The molecule has 3 heterocycles. The Morgan fingerprint density at radius 1 is 1.00 bits per heavy atom. The molecule has 1 N–H and O–H groups in total. The molecule has 1 aliphatic carbocycles. The van der Waals surface area contributed by atoms with Gasteiger partial charge in [-0.15, -0.1) is 0 Å². The Morgan fingerprint density at radius 3 is 2.45 bits per heavy atom. The fourth-order valence-electron chi connectivity index (χ4n) is 5.03. The fourth-order valence-corrected chi connectivity index (χ4v) is 5.03. The molecule has 7 nitrogen and oxygen atoms in total. The van der Waals surface area contributed by atoms with Gasteiger partial charge in [-0.2, -0.15) is 0 Å². The zero-order valence-electron chi connectivity index (χ0n) is 17.0. The average Bonchev–Trinajstić information content (AvgIpc) is 3.49. The third-order valence-electron chi connectivity index (χ3n) is 6.65. The summed E-state index contributed by atoms with van der Waals surface area (Å²) in [6, 6.07) is 3.08. The maximum atomic E-state index is 13.1. The lowest BCUT2D eigenvalue weighted by Gasteiger charge is -2.35. The first-order valence-corrected chi connectivity index (χ1v) is 11.0. The van der Waals surface area contributed by atoms with Gasteiger partial charge >= 0.3 is 0 Å². The largest absolute Gasteiger partial charge is 0.459 e. The first-order valence-electron chi connectivity index (χ1n) is 11.0. The number of piperidine rings is 1. The molecule has 3 aliphatic rings. The second-order valence-corrected chi connectivity index (χ2v) is 8.66. The van der Waals surface area contributed by atoms with Gasteiger partial charge in [0.1, 0.15) is 6.04 Å². The van der Waals surface area contributed by atoms with Crippen molar-refractivity contribution in [3.63, 3.8) is 0 Å². The van der Waals surface area contributed by atoms with Gasteiger partial charge in [-0.05, 0) is 56.6 Å². The lowest BCUT2D eigenvalue weighted by molar-refractivity contribution is -0.136. The zero-order chi connectivity index (χ0) is 20.2. The summed E-state index contributed by atoms with van der Waals surface area (Å²) in [6.07, 6.45) is 10.1. The van der Waals surface area contributed by atoms with Crippen LogP contribution in [-0.4, -0.2) is 59.2 Å². The molecule has 2 saturated heterocycles. The van der Waals surface area contributed by atoms with Crippen LogP contribution >= 0.6 is 0 Å². The van der Waals surface area contributed by atoms with Crippen molar-refractivity contribution in [1.82, 2.24) is 15.1 Å². The number of hydrogen-bond donors (Lipinski definition) is 1. The van der Waals surface area contributed by atoms with E-state index in [4.69, 9.17) is 4.42 Å². The van der Waals surface area contributed by atoms with Crippen molar-refractivity contribution < 1.29 is 18.8 Å². The van der Waals surface area contributed by atoms with Crippen LogP contribution in [0, 0.1) is 5.92 Å². The van der Waals surface area contributed by atoms with Gasteiger partial charge in [-0.3, -0.25) is 14.4 Å². The molecule has 1 saturated carbocycles. The quantitative estimate of drug-likeness (QED) is 0.822. The molecule has 0 spiro atoms. The number of hydrogen-bond acceptors (Lipinski definition) is 4. The second kappa shape index (κ2) is 9.01. The predicted octanol–water partition coefficient (Wildman–Crippen LogP) is 2.57. The van der Waals surface area contributed by atoms with E-state index >= 15 is 0 Å². The molecule has 1 aromatic heterocycles. The van der Waals surface area contributed by atoms with Gasteiger partial charge in [0.2, 0.25) is 11.8 Å². The van der Waals surface area contributed by atoms with Crippen LogP contribution in [0.2, 0.25) is 0 Å². The highest BCUT2D eigenvalue weighted by Crippen LogP contribution is 2.28. The summed E-state index contributed by atoms with van der Waals surface area (Å²) < 4.78 is 5.22. The highest BCUT2D eigenvalue weighted by Gasteiger charge is 2.38. The molecule has 29 heavy (non-hydrogen) atoms. The Kier molecular flexibility index (Phi) is 6.21. The maximum absolute atomic E-state index is 13.1. The van der Waals surface area contributed by atoms with Crippen molar-refractivity contribution in [3.8, 4) is 0 Å². The molecular formula is C22H31N3O4. The summed E-state index contributed by atoms with van der Waals surface area (Å²) >= 11 is 0. The van der Waals surface area contributed by atoms with Gasteiger partial charge < -0.3 is 19.5 Å². The lowest BCUT2D eigenvalue weighted by Crippen LogP contribution is -2.52. The molecule has 0 bridgehead atoms. The van der Waals surface area contributed by atoms with Gasteiger partial charge in [0.05, 0.1) is 6.26 Å². The van der Waals surface area contributed by atoms with Crippen LogP contribution in [0.15, 0.2) is 22.8 Å². The molecule has 0 radical (unpaired) electrons. The summed E-state index contributed by atoms with van der Waals surface area (Å²) in [4.78, 5) is 41.5. The fraction of sp³-hybridized carbons (Fsp3) is 0.682. The monoisotopic (exact) mass is 401 g/mol. The second-order valence-electron chi connectivity index (χ2n) is 8.66. The van der Waals surface area contributed by atoms with Crippen molar-refractivity contribution in [1.29, 1.82) is 0 Å². The highest BCUT2D eigenvalue weighted by atomic mass is 16.3. The number of likely N-dealkylation sites (tertiary alicyclic amines) is 2. The van der Waals surface area contributed by atoms with E-state index in [2.05, 4.69) is 5.32 Å². The van der Waals surface area contributed by atoms with Crippen molar-refractivity contribution >= 4 is 17.7 Å². The third-order valence-corrected chi connectivity index (χ3v) is 6.65. The van der Waals surface area contributed by atoms with Crippen LogP contribution in [0.3, 0.4) is 0 Å². The molecule has 7 heteroatoms. The number of nitrogens with zero attached hydrogens (tertiary/aromatic N) is 2. The maximum Gasteiger partial charge on any atom is 0.290 e. The number of carbonyl (C=O) groups excluding carboxylic acids is 3. The van der Waals surface area contributed by atoms with Gasteiger partial charge in [0.15, 0.2) is 5.76 Å². The van der Waals surface area contributed by atoms with E-state index in [1.807, 2.05) is 4.90 Å². The normalized spacial score (nSPS) is 23.5. The SMILES string of the molecule is O=C(CC1CCCC1)NC1CCN(C(=O)C2CCCN2C(=O)c2ccco2)CC1. The Hall–Kier alpha value is -2.31. The molecule has 2 aliphatic heterocycles. The first kappa shape index (κ1) is 20.0. The molecular weight excluding hydrogens is 370 g/mol. The Balaban J connectivity index is 1.26. The minimum Gasteiger partial charge on any atom is -0.459 e. The summed E-state index contributed by atoms with van der Waals surface area (Å²) in [5.74, 6) is 0.816. The van der Waals surface area contributed by atoms with E-state index in [9.17, 15) is 14.4 Å². The summed E-state index contributed by atoms with van der Waals surface area (Å²) in [5.41, 5.74) is 0. The summed E-state index contributed by atoms with van der Waals surface area (Å²) in [5, 5.41) is 3.17. The number of rotatable bonds is 5. The molecule has 4 rings (SSSR count). The van der Waals surface area contributed by atoms with E-state index < -0.39 is 6.04 Å². The number of amides is 3. The molecule has 3 fully saturated rings. The number of nitrogens with one attached hydrogen (secondary N) is 1. The smallest absolute Gasteiger partial charge is 0.290 e. The van der Waals surface area contributed by atoms with Gasteiger partial charge in [0, 0.05) is 32.1 Å². The minimum absolute atomic E-state index is 0.0261. The molecule has 1 unspecified atom stereocenters. The van der Waals surface area contributed by atoms with Crippen LogP contribution in [0.4, 0.5) is 0 Å². The van der Waals surface area contributed by atoms with Crippen molar-refractivity contribution in [2.45, 2.75) is 69.9 Å². The van der Waals surface area contributed by atoms with E-state index in [1.165, 1.54) is 31.9 Å². The Labute approximate surface area is 171 Å². The van der Waals surface area contributed by atoms with Gasteiger partial charge in [-0.1, -0.05) is 12.8 Å².